The van der Waals surface area contributed by atoms with Crippen molar-refractivity contribution in [3.8, 4) is 0 Å². The first-order valence-corrected chi connectivity index (χ1v) is 7.11. The molecule has 8 nitrogen and oxygen atoms in total. The summed E-state index contributed by atoms with van der Waals surface area (Å²) in [6.07, 6.45) is 2.20. The summed E-state index contributed by atoms with van der Waals surface area (Å²) in [7, 11) is 3.12. The summed E-state index contributed by atoms with van der Waals surface area (Å²) in [5.74, 6) is 1.53. The fraction of sp³-hybridized carbons (Fsp3) is 0.692. The van der Waals surface area contributed by atoms with Gasteiger partial charge in [0.2, 0.25) is 0 Å². The van der Waals surface area contributed by atoms with Gasteiger partial charge in [0.15, 0.2) is 5.82 Å². The van der Waals surface area contributed by atoms with Crippen LogP contribution in [0.2, 0.25) is 0 Å². The average Bonchev–Trinajstić information content (AvgIpc) is 3.05. The Morgan fingerprint density at radius 3 is 2.62 bits per heavy atom. The number of carbonyl (C=O) groups is 2. The highest BCUT2D eigenvalue weighted by atomic mass is 16.5. The number of aromatic nitrogens is 3. The van der Waals surface area contributed by atoms with Crippen molar-refractivity contribution in [2.24, 2.45) is 0 Å². The van der Waals surface area contributed by atoms with Crippen LogP contribution in [0.15, 0.2) is 0 Å². The first kappa shape index (κ1) is 14.0. The molecule has 3 amide bonds. The largest absolute Gasteiger partial charge is 0.381 e. The van der Waals surface area contributed by atoms with Gasteiger partial charge in [0.25, 0.3) is 5.91 Å². The monoisotopic (exact) mass is 293 g/mol. The van der Waals surface area contributed by atoms with Crippen LogP contribution in [0.3, 0.4) is 0 Å². The molecule has 114 valence electrons. The zero-order chi connectivity index (χ0) is 15.0. The van der Waals surface area contributed by atoms with Crippen LogP contribution in [0, 0.1) is 0 Å². The molecule has 0 aliphatic carbocycles. The van der Waals surface area contributed by atoms with E-state index in [9.17, 15) is 9.59 Å². The summed E-state index contributed by atoms with van der Waals surface area (Å²) >= 11 is 0. The zero-order valence-electron chi connectivity index (χ0n) is 12.2. The van der Waals surface area contributed by atoms with E-state index in [2.05, 4.69) is 15.2 Å². The fourth-order valence-electron chi connectivity index (χ4n) is 2.80. The number of hydrogen-bond acceptors (Lipinski definition) is 5. The lowest BCUT2D eigenvalue weighted by Gasteiger charge is -2.18. The first-order chi connectivity index (χ1) is 10.1. The van der Waals surface area contributed by atoms with Crippen LogP contribution >= 0.6 is 0 Å². The van der Waals surface area contributed by atoms with Gasteiger partial charge in [0.05, 0.1) is 0 Å². The molecule has 1 aromatic rings. The van der Waals surface area contributed by atoms with Gasteiger partial charge < -0.3 is 9.64 Å². The number of hydrogen-bond donors (Lipinski definition) is 1. The third-order valence-corrected chi connectivity index (χ3v) is 4.19. The standard InChI is InChI=1S/C13H19N5O3/c1-17-9(12(19)18(2)13(17)20)7-10-14-11(16-15-10)8-3-5-21-6-4-8/h8-9H,3-7H2,1-2H3,(H,14,15,16)/t9-/m0/s1. The summed E-state index contributed by atoms with van der Waals surface area (Å²) in [5.41, 5.74) is 0. The fourth-order valence-corrected chi connectivity index (χ4v) is 2.80. The zero-order valence-corrected chi connectivity index (χ0v) is 12.2. The molecule has 1 N–H and O–H groups in total. The Balaban J connectivity index is 1.70. The van der Waals surface area contributed by atoms with E-state index in [1.807, 2.05) is 0 Å². The van der Waals surface area contributed by atoms with Crippen molar-refractivity contribution in [3.63, 3.8) is 0 Å². The van der Waals surface area contributed by atoms with Crippen molar-refractivity contribution in [1.82, 2.24) is 25.0 Å². The molecule has 0 aromatic carbocycles. The molecule has 0 bridgehead atoms. The molecule has 2 aliphatic heterocycles. The maximum atomic E-state index is 12.0. The van der Waals surface area contributed by atoms with Gasteiger partial charge in [-0.3, -0.25) is 14.8 Å². The maximum Gasteiger partial charge on any atom is 0.326 e. The van der Waals surface area contributed by atoms with Crippen LogP contribution in [-0.2, 0) is 16.0 Å². The number of H-pyrrole nitrogens is 1. The molecular weight excluding hydrogens is 274 g/mol. The smallest absolute Gasteiger partial charge is 0.326 e. The van der Waals surface area contributed by atoms with Gasteiger partial charge in [-0.15, -0.1) is 0 Å². The Bertz CT molecular complexity index is 552. The van der Waals surface area contributed by atoms with E-state index in [1.165, 1.54) is 11.9 Å². The predicted octanol–water partition coefficient (Wildman–Crippen LogP) is 0.134. The molecule has 0 radical (unpaired) electrons. The van der Waals surface area contributed by atoms with E-state index in [4.69, 9.17) is 4.74 Å². The van der Waals surface area contributed by atoms with Gasteiger partial charge in [0, 0.05) is 39.6 Å². The van der Waals surface area contributed by atoms with Crippen molar-refractivity contribution in [1.29, 1.82) is 0 Å². The van der Waals surface area contributed by atoms with Crippen LogP contribution in [0.1, 0.15) is 30.4 Å². The molecule has 1 aromatic heterocycles. The van der Waals surface area contributed by atoms with Gasteiger partial charge in [0.1, 0.15) is 11.9 Å². The summed E-state index contributed by atoms with van der Waals surface area (Å²) in [5, 5.41) is 7.14. The molecule has 2 saturated heterocycles. The topological polar surface area (TPSA) is 91.4 Å². The lowest BCUT2D eigenvalue weighted by Crippen LogP contribution is -2.33. The Labute approximate surface area is 122 Å². The van der Waals surface area contributed by atoms with Crippen molar-refractivity contribution >= 4 is 11.9 Å². The highest BCUT2D eigenvalue weighted by Gasteiger charge is 2.41. The van der Waals surface area contributed by atoms with Gasteiger partial charge in [-0.25, -0.2) is 9.78 Å². The first-order valence-electron chi connectivity index (χ1n) is 7.11. The van der Waals surface area contributed by atoms with Gasteiger partial charge in [-0.05, 0) is 12.8 Å². The number of rotatable bonds is 3. The molecule has 21 heavy (non-hydrogen) atoms. The number of nitrogens with one attached hydrogen (secondary N) is 1. The van der Waals surface area contributed by atoms with Crippen LogP contribution in [0.5, 0.6) is 0 Å². The molecule has 0 unspecified atom stereocenters. The molecule has 8 heteroatoms. The summed E-state index contributed by atoms with van der Waals surface area (Å²) in [4.78, 5) is 30.8. The summed E-state index contributed by atoms with van der Waals surface area (Å²) < 4.78 is 5.33. The van der Waals surface area contributed by atoms with Crippen molar-refractivity contribution < 1.29 is 14.3 Å². The van der Waals surface area contributed by atoms with Crippen LogP contribution in [0.25, 0.3) is 0 Å². The maximum absolute atomic E-state index is 12.0. The van der Waals surface area contributed by atoms with Gasteiger partial charge in [-0.2, -0.15) is 5.10 Å². The minimum Gasteiger partial charge on any atom is -0.381 e. The normalized spacial score (nSPS) is 24.2. The minimum atomic E-state index is -0.502. The number of amides is 3. The van der Waals surface area contributed by atoms with E-state index in [1.54, 1.807) is 7.05 Å². The quantitative estimate of drug-likeness (QED) is 0.800. The Hall–Kier alpha value is -1.96. The third-order valence-electron chi connectivity index (χ3n) is 4.19. The molecule has 1 atom stereocenters. The molecule has 0 spiro atoms. The second-order valence-electron chi connectivity index (χ2n) is 5.54. The van der Waals surface area contributed by atoms with Crippen molar-refractivity contribution in [2.75, 3.05) is 27.3 Å². The molecule has 3 heterocycles. The summed E-state index contributed by atoms with van der Waals surface area (Å²) in [6, 6.07) is -0.785. The molecule has 2 fully saturated rings. The van der Waals surface area contributed by atoms with E-state index in [0.29, 0.717) is 18.2 Å². The predicted molar refractivity (Wildman–Crippen MR) is 72.6 cm³/mol. The lowest BCUT2D eigenvalue weighted by molar-refractivity contribution is -0.127. The van der Waals surface area contributed by atoms with Crippen LogP contribution < -0.4 is 0 Å². The lowest BCUT2D eigenvalue weighted by atomic mass is 10.00. The number of aromatic amines is 1. The molecule has 0 saturated carbocycles. The number of nitrogens with zero attached hydrogens (tertiary/aromatic N) is 4. The Morgan fingerprint density at radius 1 is 1.29 bits per heavy atom. The second kappa shape index (κ2) is 5.44. The SMILES string of the molecule is CN1C(=O)[C@H](Cc2nc(C3CCOCC3)n[nH]2)N(C)C1=O. The van der Waals surface area contributed by atoms with Gasteiger partial charge >= 0.3 is 6.03 Å². The van der Waals surface area contributed by atoms with E-state index in [0.717, 1.165) is 36.8 Å². The van der Waals surface area contributed by atoms with E-state index < -0.39 is 6.04 Å². The number of imide groups is 1. The Kier molecular flexibility index (Phi) is 3.62. The highest BCUT2D eigenvalue weighted by molar-refractivity contribution is 6.03. The van der Waals surface area contributed by atoms with Crippen LogP contribution in [0.4, 0.5) is 4.79 Å². The Morgan fingerprint density at radius 2 is 2.00 bits per heavy atom. The summed E-state index contributed by atoms with van der Waals surface area (Å²) in [6.45, 7) is 1.47. The van der Waals surface area contributed by atoms with Crippen LogP contribution in [-0.4, -0.2) is 70.3 Å². The van der Waals surface area contributed by atoms with E-state index in [-0.39, 0.29) is 11.9 Å². The average molecular weight is 293 g/mol. The number of carbonyl (C=O) groups excluding carboxylic acids is 2. The van der Waals surface area contributed by atoms with Crippen molar-refractivity contribution in [3.05, 3.63) is 11.6 Å². The van der Waals surface area contributed by atoms with Gasteiger partial charge in [-0.1, -0.05) is 0 Å². The number of ether oxygens (including phenoxy) is 1. The minimum absolute atomic E-state index is 0.202. The number of urea groups is 1. The highest BCUT2D eigenvalue weighted by Crippen LogP contribution is 2.24. The number of likely N-dealkylation sites (N-methyl/N-ethyl adjacent to an activating group) is 2. The molecular formula is C13H19N5O3. The third kappa shape index (κ3) is 2.51. The molecule has 3 rings (SSSR count). The second-order valence-corrected chi connectivity index (χ2v) is 5.54. The molecule has 2 aliphatic rings. The van der Waals surface area contributed by atoms with Crippen molar-refractivity contribution in [2.45, 2.75) is 31.2 Å². The van der Waals surface area contributed by atoms with E-state index >= 15 is 0 Å².